The maximum atomic E-state index is 5.79. The first-order chi connectivity index (χ1) is 8.70. The molecule has 0 aliphatic rings. The van der Waals surface area contributed by atoms with Crippen LogP contribution < -0.4 is 10.5 Å². The first-order valence-electron chi connectivity index (χ1n) is 5.73. The van der Waals surface area contributed by atoms with Crippen molar-refractivity contribution in [3.05, 3.63) is 45.8 Å². The summed E-state index contributed by atoms with van der Waals surface area (Å²) in [6, 6.07) is 7.80. The first kappa shape index (κ1) is 13.1. The fraction of sp³-hybridized carbons (Fsp3) is 0.308. The highest BCUT2D eigenvalue weighted by molar-refractivity contribution is 9.10. The third-order valence-electron chi connectivity index (χ3n) is 2.50. The van der Waals surface area contributed by atoms with E-state index in [4.69, 9.17) is 15.0 Å². The quantitative estimate of drug-likeness (QED) is 0.922. The van der Waals surface area contributed by atoms with Gasteiger partial charge in [-0.15, -0.1) is 0 Å². The van der Waals surface area contributed by atoms with Gasteiger partial charge in [-0.25, -0.2) is 0 Å². The van der Waals surface area contributed by atoms with Gasteiger partial charge in [0, 0.05) is 6.07 Å². The van der Waals surface area contributed by atoms with Crippen molar-refractivity contribution in [3.63, 3.8) is 0 Å². The third-order valence-corrected chi connectivity index (χ3v) is 3.13. The summed E-state index contributed by atoms with van der Waals surface area (Å²) < 4.78 is 11.7. The Morgan fingerprint density at radius 3 is 2.94 bits per heavy atom. The van der Waals surface area contributed by atoms with Gasteiger partial charge >= 0.3 is 0 Å². The van der Waals surface area contributed by atoms with Gasteiger partial charge in [-0.05, 0) is 47.4 Å². The van der Waals surface area contributed by atoms with Gasteiger partial charge in [-0.3, -0.25) is 0 Å². The van der Waals surface area contributed by atoms with Crippen LogP contribution in [0.15, 0.2) is 33.3 Å². The summed E-state index contributed by atoms with van der Waals surface area (Å²) >= 11 is 3.49. The number of nitrogens with zero attached hydrogens (tertiary/aromatic N) is 1. The van der Waals surface area contributed by atoms with Crippen LogP contribution >= 0.6 is 15.9 Å². The van der Waals surface area contributed by atoms with Gasteiger partial charge in [0.1, 0.15) is 23.8 Å². The minimum atomic E-state index is 0.386. The zero-order valence-electron chi connectivity index (χ0n) is 10.1. The second kappa shape index (κ2) is 6.02. The maximum Gasteiger partial charge on any atom is 0.137 e. The van der Waals surface area contributed by atoms with Crippen LogP contribution in [0.2, 0.25) is 0 Å². The van der Waals surface area contributed by atoms with Crippen molar-refractivity contribution in [1.82, 2.24) is 5.16 Å². The van der Waals surface area contributed by atoms with Gasteiger partial charge < -0.3 is 15.0 Å². The molecule has 18 heavy (non-hydrogen) atoms. The molecule has 0 fully saturated rings. The number of benzene rings is 1. The SMILES string of the molecule is Cc1cc(COc2c(Br)cccc2CCN)no1. The molecule has 5 heteroatoms. The lowest BCUT2D eigenvalue weighted by molar-refractivity contribution is 0.283. The molecule has 1 aromatic heterocycles. The molecule has 0 aliphatic heterocycles. The fourth-order valence-corrected chi connectivity index (χ4v) is 2.22. The number of nitrogens with two attached hydrogens (primary N) is 1. The smallest absolute Gasteiger partial charge is 0.137 e. The van der Waals surface area contributed by atoms with Crippen LogP contribution in [0.4, 0.5) is 0 Å². The van der Waals surface area contributed by atoms with Gasteiger partial charge in [0.2, 0.25) is 0 Å². The third kappa shape index (κ3) is 3.11. The maximum absolute atomic E-state index is 5.79. The summed E-state index contributed by atoms with van der Waals surface area (Å²) in [5, 5.41) is 3.90. The molecule has 96 valence electrons. The summed E-state index contributed by atoms with van der Waals surface area (Å²) in [4.78, 5) is 0. The zero-order chi connectivity index (χ0) is 13.0. The van der Waals surface area contributed by atoms with Gasteiger partial charge in [0.05, 0.1) is 4.47 Å². The molecule has 0 saturated heterocycles. The molecule has 2 rings (SSSR count). The Balaban J connectivity index is 2.12. The number of rotatable bonds is 5. The summed E-state index contributed by atoms with van der Waals surface area (Å²) in [5.74, 6) is 1.60. The molecule has 0 bridgehead atoms. The molecule has 2 N–H and O–H groups in total. The van der Waals surface area contributed by atoms with Crippen LogP contribution in [0, 0.1) is 6.92 Å². The second-order valence-electron chi connectivity index (χ2n) is 3.98. The van der Waals surface area contributed by atoms with E-state index in [1.807, 2.05) is 31.2 Å². The van der Waals surface area contributed by atoms with Crippen molar-refractivity contribution < 1.29 is 9.26 Å². The van der Waals surface area contributed by atoms with Crippen LogP contribution in [0.1, 0.15) is 17.0 Å². The highest BCUT2D eigenvalue weighted by atomic mass is 79.9. The summed E-state index contributed by atoms with van der Waals surface area (Å²) in [5.41, 5.74) is 7.46. The Bertz CT molecular complexity index is 525. The number of hydrogen-bond donors (Lipinski definition) is 1. The van der Waals surface area contributed by atoms with Crippen molar-refractivity contribution in [2.75, 3.05) is 6.54 Å². The Labute approximate surface area is 114 Å². The number of para-hydroxylation sites is 1. The molecule has 0 atom stereocenters. The highest BCUT2D eigenvalue weighted by Gasteiger charge is 2.09. The van der Waals surface area contributed by atoms with Crippen molar-refractivity contribution in [2.24, 2.45) is 5.73 Å². The van der Waals surface area contributed by atoms with Crippen LogP contribution in [-0.2, 0) is 13.0 Å². The molecule has 1 aromatic carbocycles. The lowest BCUT2D eigenvalue weighted by Crippen LogP contribution is -2.06. The Morgan fingerprint density at radius 2 is 2.28 bits per heavy atom. The van der Waals surface area contributed by atoms with E-state index in [9.17, 15) is 0 Å². The number of ether oxygens (including phenoxy) is 1. The van der Waals surface area contributed by atoms with E-state index >= 15 is 0 Å². The number of halogens is 1. The lowest BCUT2D eigenvalue weighted by atomic mass is 10.1. The topological polar surface area (TPSA) is 61.3 Å². The van der Waals surface area contributed by atoms with Crippen molar-refractivity contribution in [1.29, 1.82) is 0 Å². The monoisotopic (exact) mass is 310 g/mol. The average molecular weight is 311 g/mol. The van der Waals surface area contributed by atoms with E-state index in [2.05, 4.69) is 21.1 Å². The minimum absolute atomic E-state index is 0.386. The molecule has 0 spiro atoms. The van der Waals surface area contributed by atoms with Gasteiger partial charge in [0.15, 0.2) is 0 Å². The fourth-order valence-electron chi connectivity index (χ4n) is 1.70. The average Bonchev–Trinajstić information content (AvgIpc) is 2.75. The molecule has 1 heterocycles. The number of aryl methyl sites for hydroxylation is 1. The van der Waals surface area contributed by atoms with Gasteiger partial charge in [0.25, 0.3) is 0 Å². The molecule has 0 radical (unpaired) electrons. The summed E-state index contributed by atoms with van der Waals surface area (Å²) in [6.07, 6.45) is 0.784. The van der Waals surface area contributed by atoms with E-state index in [1.165, 1.54) is 0 Å². The van der Waals surface area contributed by atoms with E-state index in [0.717, 1.165) is 33.7 Å². The predicted molar refractivity (Wildman–Crippen MR) is 72.5 cm³/mol. The molecule has 0 amide bonds. The minimum Gasteiger partial charge on any atom is -0.486 e. The normalized spacial score (nSPS) is 10.6. The van der Waals surface area contributed by atoms with E-state index < -0.39 is 0 Å². The van der Waals surface area contributed by atoms with Gasteiger partial charge in [-0.1, -0.05) is 17.3 Å². The molecule has 0 aliphatic carbocycles. The number of aromatic nitrogens is 1. The van der Waals surface area contributed by atoms with E-state index in [-0.39, 0.29) is 0 Å². The number of hydrogen-bond acceptors (Lipinski definition) is 4. The van der Waals surface area contributed by atoms with E-state index in [1.54, 1.807) is 0 Å². The molecular weight excluding hydrogens is 296 g/mol. The van der Waals surface area contributed by atoms with Crippen molar-refractivity contribution in [2.45, 2.75) is 20.0 Å². The Morgan fingerprint density at radius 1 is 1.44 bits per heavy atom. The van der Waals surface area contributed by atoms with E-state index in [0.29, 0.717) is 13.2 Å². The Hall–Kier alpha value is -1.33. The first-order valence-corrected chi connectivity index (χ1v) is 6.52. The summed E-state index contributed by atoms with van der Waals surface area (Å²) in [6.45, 7) is 2.84. The molecule has 0 saturated carbocycles. The summed E-state index contributed by atoms with van der Waals surface area (Å²) in [7, 11) is 0. The van der Waals surface area contributed by atoms with Crippen LogP contribution in [0.5, 0.6) is 5.75 Å². The largest absolute Gasteiger partial charge is 0.486 e. The van der Waals surface area contributed by atoms with Crippen molar-refractivity contribution >= 4 is 15.9 Å². The second-order valence-corrected chi connectivity index (χ2v) is 4.84. The van der Waals surface area contributed by atoms with Crippen LogP contribution in [-0.4, -0.2) is 11.7 Å². The molecule has 0 unspecified atom stereocenters. The zero-order valence-corrected chi connectivity index (χ0v) is 11.7. The molecule has 2 aromatic rings. The standard InChI is InChI=1S/C13H15BrN2O2/c1-9-7-11(16-18-9)8-17-13-10(5-6-15)3-2-4-12(13)14/h2-4,7H,5-6,8,15H2,1H3. The van der Waals surface area contributed by atoms with Crippen LogP contribution in [0.3, 0.4) is 0 Å². The molecule has 4 nitrogen and oxygen atoms in total. The van der Waals surface area contributed by atoms with Crippen molar-refractivity contribution in [3.8, 4) is 5.75 Å². The predicted octanol–water partition coefficient (Wildman–Crippen LogP) is 2.83. The Kier molecular flexibility index (Phi) is 4.38. The highest BCUT2D eigenvalue weighted by Crippen LogP contribution is 2.30. The van der Waals surface area contributed by atoms with Crippen LogP contribution in [0.25, 0.3) is 0 Å². The van der Waals surface area contributed by atoms with Gasteiger partial charge in [-0.2, -0.15) is 0 Å². The molecular formula is C13H15BrN2O2. The lowest BCUT2D eigenvalue weighted by Gasteiger charge is -2.11.